The molecule has 0 aliphatic rings. The lowest BCUT2D eigenvalue weighted by Crippen LogP contribution is -2.30. The molecule has 0 N–H and O–H groups in total. The Labute approximate surface area is 396 Å². The molecule has 0 aromatic carbocycles. The fourth-order valence-electron chi connectivity index (χ4n) is 7.13. The summed E-state index contributed by atoms with van der Waals surface area (Å²) in [4.78, 5) is 25.4. The Bertz CT molecular complexity index is 1230. The van der Waals surface area contributed by atoms with Crippen molar-refractivity contribution in [3.05, 3.63) is 97.2 Å². The number of hydrogen-bond donors (Lipinski definition) is 0. The van der Waals surface area contributed by atoms with Crippen LogP contribution in [0.2, 0.25) is 0 Å². The Kier molecular flexibility index (Phi) is 51.5. The number of carbonyl (C=O) groups excluding carboxylic acids is 2. The SMILES string of the molecule is CC/C=C\C/C=C\C/C=C\C/C=C\C/C=C\CCCCOCC(COC(=O)CCCCCCCC/C=C\C/C=C\C/C=C\CCCCC)OC(=O)CCCCCCCCCCCCC. The zero-order chi connectivity index (χ0) is 46.3. The van der Waals surface area contributed by atoms with Gasteiger partial charge in [-0.05, 0) is 103 Å². The molecular formula is C59H100O5. The van der Waals surface area contributed by atoms with E-state index in [1.165, 1.54) is 103 Å². The maximum atomic E-state index is 12.8. The molecule has 64 heavy (non-hydrogen) atoms. The first-order chi connectivity index (χ1) is 31.6. The highest BCUT2D eigenvalue weighted by Crippen LogP contribution is 2.14. The van der Waals surface area contributed by atoms with Gasteiger partial charge in [-0.3, -0.25) is 9.59 Å². The van der Waals surface area contributed by atoms with Gasteiger partial charge in [-0.15, -0.1) is 0 Å². The minimum absolute atomic E-state index is 0.0579. The highest BCUT2D eigenvalue weighted by molar-refractivity contribution is 5.70. The standard InChI is InChI=1S/C59H100O5/c1-4-7-10-13-16-19-22-24-26-28-30-31-33-35-38-40-43-46-49-52-58(60)63-56-57(64-59(61)53-50-47-44-41-37-21-18-15-12-9-6-3)55-62-54-51-48-45-42-39-36-34-32-29-27-25-23-20-17-14-11-8-5-2/h8,11,16-17,19-20,24-27,30-32,34,39,42,57H,4-7,9-10,12-15,18,21-23,28-29,33,35-38,40-41,43-56H2,1-3H3/b11-8-,19-16-,20-17-,26-24-,27-25-,31-30-,34-32-,42-39-. The Morgan fingerprint density at radius 3 is 1.16 bits per heavy atom. The number of allylic oxidation sites excluding steroid dienone is 16. The molecular weight excluding hydrogens is 789 g/mol. The molecule has 0 bridgehead atoms. The van der Waals surface area contributed by atoms with Gasteiger partial charge in [0, 0.05) is 19.4 Å². The minimum atomic E-state index is -0.567. The molecule has 0 fully saturated rings. The number of unbranched alkanes of at least 4 members (excludes halogenated alkanes) is 21. The number of esters is 2. The van der Waals surface area contributed by atoms with Gasteiger partial charge in [-0.1, -0.05) is 221 Å². The highest BCUT2D eigenvalue weighted by atomic mass is 16.6. The largest absolute Gasteiger partial charge is 0.462 e. The molecule has 5 heteroatoms. The fourth-order valence-corrected chi connectivity index (χ4v) is 7.13. The van der Waals surface area contributed by atoms with E-state index in [1.807, 2.05) is 0 Å². The first-order valence-corrected chi connectivity index (χ1v) is 26.8. The molecule has 0 heterocycles. The molecule has 1 atom stereocenters. The van der Waals surface area contributed by atoms with E-state index in [1.54, 1.807) is 0 Å². The smallest absolute Gasteiger partial charge is 0.306 e. The Balaban J connectivity index is 4.34. The van der Waals surface area contributed by atoms with Crippen molar-refractivity contribution in [1.29, 1.82) is 0 Å². The van der Waals surface area contributed by atoms with Gasteiger partial charge < -0.3 is 14.2 Å². The minimum Gasteiger partial charge on any atom is -0.462 e. The normalized spacial score (nSPS) is 13.0. The second-order valence-corrected chi connectivity index (χ2v) is 17.4. The number of carbonyl (C=O) groups is 2. The van der Waals surface area contributed by atoms with E-state index in [0.717, 1.165) is 103 Å². The molecule has 5 nitrogen and oxygen atoms in total. The lowest BCUT2D eigenvalue weighted by molar-refractivity contribution is -0.163. The third-order valence-corrected chi connectivity index (χ3v) is 11.1. The molecule has 0 spiro atoms. The summed E-state index contributed by atoms with van der Waals surface area (Å²) >= 11 is 0. The second-order valence-electron chi connectivity index (χ2n) is 17.4. The number of rotatable bonds is 48. The van der Waals surface area contributed by atoms with Crippen LogP contribution >= 0.6 is 0 Å². The highest BCUT2D eigenvalue weighted by Gasteiger charge is 2.17. The molecule has 0 saturated carbocycles. The first kappa shape index (κ1) is 60.8. The summed E-state index contributed by atoms with van der Waals surface area (Å²) in [6.45, 7) is 7.57. The van der Waals surface area contributed by atoms with Crippen LogP contribution in [-0.2, 0) is 23.8 Å². The quantitative estimate of drug-likeness (QED) is 0.0346. The lowest BCUT2D eigenvalue weighted by Gasteiger charge is -2.18. The zero-order valence-corrected chi connectivity index (χ0v) is 42.0. The molecule has 0 aromatic rings. The molecule has 0 amide bonds. The van der Waals surface area contributed by atoms with Crippen LogP contribution < -0.4 is 0 Å². The van der Waals surface area contributed by atoms with Crippen molar-refractivity contribution in [2.24, 2.45) is 0 Å². The molecule has 0 rings (SSSR count). The van der Waals surface area contributed by atoms with E-state index in [2.05, 4.69) is 118 Å². The van der Waals surface area contributed by atoms with Crippen molar-refractivity contribution in [2.75, 3.05) is 19.8 Å². The van der Waals surface area contributed by atoms with Crippen LogP contribution in [0.4, 0.5) is 0 Å². The summed E-state index contributed by atoms with van der Waals surface area (Å²) in [6.07, 6.45) is 72.8. The topological polar surface area (TPSA) is 61.8 Å². The van der Waals surface area contributed by atoms with Gasteiger partial charge in [0.25, 0.3) is 0 Å². The van der Waals surface area contributed by atoms with E-state index in [-0.39, 0.29) is 25.2 Å². The van der Waals surface area contributed by atoms with Crippen molar-refractivity contribution >= 4 is 11.9 Å². The van der Waals surface area contributed by atoms with Crippen molar-refractivity contribution in [1.82, 2.24) is 0 Å². The maximum Gasteiger partial charge on any atom is 0.306 e. The Morgan fingerprint density at radius 2 is 0.703 bits per heavy atom. The second kappa shape index (κ2) is 54.2. The van der Waals surface area contributed by atoms with E-state index in [4.69, 9.17) is 14.2 Å². The van der Waals surface area contributed by atoms with Crippen LogP contribution in [0, 0.1) is 0 Å². The number of hydrogen-bond acceptors (Lipinski definition) is 5. The van der Waals surface area contributed by atoms with Gasteiger partial charge >= 0.3 is 11.9 Å². The van der Waals surface area contributed by atoms with Crippen LogP contribution in [0.15, 0.2) is 97.2 Å². The average Bonchev–Trinajstić information content (AvgIpc) is 3.30. The third kappa shape index (κ3) is 51.5. The van der Waals surface area contributed by atoms with Crippen molar-refractivity contribution in [3.63, 3.8) is 0 Å². The van der Waals surface area contributed by atoms with Crippen LogP contribution in [0.5, 0.6) is 0 Å². The van der Waals surface area contributed by atoms with E-state index in [0.29, 0.717) is 19.4 Å². The predicted octanol–water partition coefficient (Wildman–Crippen LogP) is 18.2. The van der Waals surface area contributed by atoms with E-state index >= 15 is 0 Å². The summed E-state index contributed by atoms with van der Waals surface area (Å²) in [6, 6.07) is 0. The predicted molar refractivity (Wildman–Crippen MR) is 279 cm³/mol. The van der Waals surface area contributed by atoms with E-state index < -0.39 is 6.10 Å². The van der Waals surface area contributed by atoms with Gasteiger partial charge in [0.1, 0.15) is 6.61 Å². The number of ether oxygens (including phenoxy) is 3. The summed E-state index contributed by atoms with van der Waals surface area (Å²) < 4.78 is 17.4. The third-order valence-electron chi connectivity index (χ3n) is 11.1. The lowest BCUT2D eigenvalue weighted by atomic mass is 10.1. The van der Waals surface area contributed by atoms with Gasteiger partial charge in [0.2, 0.25) is 0 Å². The van der Waals surface area contributed by atoms with Crippen LogP contribution in [-0.4, -0.2) is 37.9 Å². The van der Waals surface area contributed by atoms with Crippen LogP contribution in [0.25, 0.3) is 0 Å². The Hall–Kier alpha value is -3.18. The van der Waals surface area contributed by atoms with Gasteiger partial charge in [-0.25, -0.2) is 0 Å². The molecule has 0 saturated heterocycles. The Morgan fingerprint density at radius 1 is 0.359 bits per heavy atom. The molecule has 1 unspecified atom stereocenters. The van der Waals surface area contributed by atoms with Crippen molar-refractivity contribution in [3.8, 4) is 0 Å². The van der Waals surface area contributed by atoms with Crippen LogP contribution in [0.3, 0.4) is 0 Å². The van der Waals surface area contributed by atoms with Crippen LogP contribution in [0.1, 0.15) is 239 Å². The van der Waals surface area contributed by atoms with Gasteiger partial charge in [-0.2, -0.15) is 0 Å². The zero-order valence-electron chi connectivity index (χ0n) is 42.0. The summed E-state index contributed by atoms with van der Waals surface area (Å²) in [5.74, 6) is -0.437. The molecule has 0 aliphatic carbocycles. The fraction of sp³-hybridized carbons (Fsp3) is 0.695. The van der Waals surface area contributed by atoms with Gasteiger partial charge in [0.05, 0.1) is 6.61 Å². The average molecular weight is 889 g/mol. The van der Waals surface area contributed by atoms with E-state index in [9.17, 15) is 9.59 Å². The molecule has 366 valence electrons. The summed E-state index contributed by atoms with van der Waals surface area (Å²) in [5.41, 5.74) is 0. The maximum absolute atomic E-state index is 12.8. The van der Waals surface area contributed by atoms with Gasteiger partial charge in [0.15, 0.2) is 6.10 Å². The van der Waals surface area contributed by atoms with Crippen molar-refractivity contribution in [2.45, 2.75) is 245 Å². The summed E-state index contributed by atoms with van der Waals surface area (Å²) in [5, 5.41) is 0. The monoisotopic (exact) mass is 889 g/mol. The molecule has 0 radical (unpaired) electrons. The summed E-state index contributed by atoms with van der Waals surface area (Å²) in [7, 11) is 0. The van der Waals surface area contributed by atoms with Crippen molar-refractivity contribution < 1.29 is 23.8 Å². The first-order valence-electron chi connectivity index (χ1n) is 26.8. The molecule has 0 aromatic heterocycles. The molecule has 0 aliphatic heterocycles.